The summed E-state index contributed by atoms with van der Waals surface area (Å²) in [7, 11) is 0. The zero-order valence-corrected chi connectivity index (χ0v) is 22.7. The summed E-state index contributed by atoms with van der Waals surface area (Å²) in [5, 5.41) is 3.14. The monoisotopic (exact) mass is 573 g/mol. The summed E-state index contributed by atoms with van der Waals surface area (Å²) in [6.07, 6.45) is 5.82. The van der Waals surface area contributed by atoms with E-state index in [0.717, 1.165) is 68.6 Å². The van der Waals surface area contributed by atoms with Crippen LogP contribution in [0.5, 0.6) is 0 Å². The van der Waals surface area contributed by atoms with Gasteiger partial charge in [0.25, 0.3) is 5.91 Å². The van der Waals surface area contributed by atoms with E-state index in [2.05, 4.69) is 36.6 Å². The number of hydrogen-bond donors (Lipinski definition) is 2. The summed E-state index contributed by atoms with van der Waals surface area (Å²) in [6.45, 7) is 7.60. The highest BCUT2D eigenvalue weighted by Gasteiger charge is 2.25. The second-order valence-corrected chi connectivity index (χ2v) is 10.8. The molecule has 2 heterocycles. The first kappa shape index (κ1) is 26.1. The van der Waals surface area contributed by atoms with E-state index in [4.69, 9.17) is 9.57 Å². The van der Waals surface area contributed by atoms with Gasteiger partial charge in [0, 0.05) is 29.8 Å². The van der Waals surface area contributed by atoms with E-state index in [-0.39, 0.29) is 16.8 Å². The summed E-state index contributed by atoms with van der Waals surface area (Å²) in [5.41, 5.74) is 5.23. The van der Waals surface area contributed by atoms with E-state index < -0.39 is 11.7 Å². The number of amides is 1. The van der Waals surface area contributed by atoms with Crippen LogP contribution in [-0.2, 0) is 16.1 Å². The van der Waals surface area contributed by atoms with Crippen molar-refractivity contribution in [1.29, 1.82) is 0 Å². The van der Waals surface area contributed by atoms with Gasteiger partial charge in [-0.3, -0.25) is 14.5 Å². The maximum absolute atomic E-state index is 15.9. The topological polar surface area (TPSA) is 80.7 Å². The maximum Gasteiger partial charge on any atom is 0.277 e. The first-order valence-corrected chi connectivity index (χ1v) is 13.7. The van der Waals surface area contributed by atoms with Crippen LogP contribution in [0.3, 0.4) is 0 Å². The summed E-state index contributed by atoms with van der Waals surface area (Å²) in [6, 6.07) is 7.36. The third-order valence-corrected chi connectivity index (χ3v) is 7.45. The largest absolute Gasteiger partial charge is 0.379 e. The smallest absolute Gasteiger partial charge is 0.277 e. The summed E-state index contributed by atoms with van der Waals surface area (Å²) >= 11 is 3.46. The lowest BCUT2D eigenvalue weighted by molar-refractivity contribution is 0.0271. The molecule has 2 N–H and O–H groups in total. The van der Waals surface area contributed by atoms with Crippen molar-refractivity contribution in [3.8, 4) is 0 Å². The first-order chi connectivity index (χ1) is 18.0. The quantitative estimate of drug-likeness (QED) is 0.243. The summed E-state index contributed by atoms with van der Waals surface area (Å²) < 4.78 is 24.2. The van der Waals surface area contributed by atoms with Crippen LogP contribution in [0.25, 0.3) is 11.0 Å². The molecule has 0 spiro atoms. The number of halogens is 2. The van der Waals surface area contributed by atoms with Crippen LogP contribution < -0.4 is 10.8 Å². The molecule has 0 radical (unpaired) electrons. The molecule has 1 saturated heterocycles. The lowest BCUT2D eigenvalue weighted by atomic mass is 10.1. The van der Waals surface area contributed by atoms with Crippen molar-refractivity contribution in [3.05, 3.63) is 52.0 Å². The standard InChI is InChI=1S/C27H33BrFN5O3/c1-18-14-20(28)6-7-22(18)31-25-21(27(35)32-37-16-19-4-5-19)15-23-26(24(25)29)30-17-34(23)9-3-2-8-33-10-12-36-13-11-33/h6-7,14-15,17,19,31H,2-5,8-13,16H2,1H3,(H,32,35). The molecule has 198 valence electrons. The molecule has 5 rings (SSSR count). The van der Waals surface area contributed by atoms with Gasteiger partial charge in [0.05, 0.1) is 42.9 Å². The third kappa shape index (κ3) is 6.49. The van der Waals surface area contributed by atoms with Gasteiger partial charge >= 0.3 is 0 Å². The molecule has 1 amide bonds. The molecule has 0 atom stereocenters. The fourth-order valence-electron chi connectivity index (χ4n) is 4.55. The average Bonchev–Trinajstić information content (AvgIpc) is 3.63. The number of aromatic nitrogens is 2. The van der Waals surface area contributed by atoms with E-state index in [1.807, 2.05) is 29.7 Å². The van der Waals surface area contributed by atoms with E-state index in [0.29, 0.717) is 30.3 Å². The number of aryl methyl sites for hydroxylation is 2. The van der Waals surface area contributed by atoms with Crippen LogP contribution >= 0.6 is 15.9 Å². The Balaban J connectivity index is 1.37. The van der Waals surface area contributed by atoms with E-state index in [1.54, 1.807) is 12.4 Å². The minimum Gasteiger partial charge on any atom is -0.379 e. The zero-order chi connectivity index (χ0) is 25.8. The minimum atomic E-state index is -0.556. The summed E-state index contributed by atoms with van der Waals surface area (Å²) in [4.78, 5) is 25.4. The molecule has 1 aliphatic heterocycles. The number of benzene rings is 2. The van der Waals surface area contributed by atoms with Crippen molar-refractivity contribution in [1.82, 2.24) is 19.9 Å². The molecule has 2 aliphatic rings. The average molecular weight is 574 g/mol. The SMILES string of the molecule is Cc1cc(Br)ccc1Nc1c(C(=O)NOCC2CC2)cc2c(ncn2CCCCN2CCOCC2)c1F. The Kier molecular flexibility index (Phi) is 8.39. The Bertz CT molecular complexity index is 1260. The Morgan fingerprint density at radius 1 is 1.22 bits per heavy atom. The van der Waals surface area contributed by atoms with Crippen LogP contribution in [0.4, 0.5) is 15.8 Å². The molecule has 37 heavy (non-hydrogen) atoms. The van der Waals surface area contributed by atoms with Crippen molar-refractivity contribution in [2.75, 3.05) is 44.8 Å². The first-order valence-electron chi connectivity index (χ1n) is 12.9. The van der Waals surface area contributed by atoms with Crippen LogP contribution in [-0.4, -0.2) is 59.8 Å². The number of hydrogen-bond acceptors (Lipinski definition) is 6. The Morgan fingerprint density at radius 3 is 2.76 bits per heavy atom. The second kappa shape index (κ2) is 11.9. The predicted octanol–water partition coefficient (Wildman–Crippen LogP) is 5.17. The van der Waals surface area contributed by atoms with Crippen molar-refractivity contribution < 1.29 is 18.8 Å². The molecule has 1 aliphatic carbocycles. The molecule has 2 fully saturated rings. The number of carbonyl (C=O) groups is 1. The lowest BCUT2D eigenvalue weighted by Gasteiger charge is -2.26. The molecule has 0 unspecified atom stereocenters. The van der Waals surface area contributed by atoms with E-state index in [9.17, 15) is 4.79 Å². The fourth-order valence-corrected chi connectivity index (χ4v) is 5.02. The molecule has 8 nitrogen and oxygen atoms in total. The molecular formula is C27H33BrFN5O3. The van der Waals surface area contributed by atoms with Crippen molar-refractivity contribution >= 4 is 44.2 Å². The molecular weight excluding hydrogens is 541 g/mol. The number of imidazole rings is 1. The number of carbonyl (C=O) groups excluding carboxylic acids is 1. The Morgan fingerprint density at radius 2 is 2.00 bits per heavy atom. The summed E-state index contributed by atoms with van der Waals surface area (Å²) in [5.74, 6) is -0.556. The van der Waals surface area contributed by atoms with E-state index >= 15 is 4.39 Å². The molecule has 2 aromatic carbocycles. The minimum absolute atomic E-state index is 0.0861. The number of rotatable bonds is 11. The normalized spacial score (nSPS) is 16.3. The van der Waals surface area contributed by atoms with Crippen LogP contribution in [0.2, 0.25) is 0 Å². The Hall–Kier alpha value is -2.53. The van der Waals surface area contributed by atoms with Crippen molar-refractivity contribution in [2.45, 2.75) is 39.2 Å². The fraction of sp³-hybridized carbons (Fsp3) is 0.481. The molecule has 1 aromatic heterocycles. The van der Waals surface area contributed by atoms with E-state index in [1.165, 1.54) is 0 Å². The van der Waals surface area contributed by atoms with Crippen LogP contribution in [0.1, 0.15) is 41.6 Å². The van der Waals surface area contributed by atoms with Crippen LogP contribution in [0, 0.1) is 18.7 Å². The van der Waals surface area contributed by atoms with Crippen molar-refractivity contribution in [3.63, 3.8) is 0 Å². The van der Waals surface area contributed by atoms with Gasteiger partial charge in [0.2, 0.25) is 0 Å². The molecule has 1 saturated carbocycles. The maximum atomic E-state index is 15.9. The zero-order valence-electron chi connectivity index (χ0n) is 21.1. The van der Waals surface area contributed by atoms with Gasteiger partial charge in [-0.25, -0.2) is 14.9 Å². The third-order valence-electron chi connectivity index (χ3n) is 6.96. The molecule has 0 bridgehead atoms. The van der Waals surface area contributed by atoms with Crippen molar-refractivity contribution in [2.24, 2.45) is 5.92 Å². The molecule has 3 aromatic rings. The van der Waals surface area contributed by atoms with Gasteiger partial charge in [-0.1, -0.05) is 15.9 Å². The van der Waals surface area contributed by atoms with Gasteiger partial charge in [0.1, 0.15) is 5.52 Å². The van der Waals surface area contributed by atoms with Crippen LogP contribution in [0.15, 0.2) is 35.1 Å². The number of ether oxygens (including phenoxy) is 1. The lowest BCUT2D eigenvalue weighted by Crippen LogP contribution is -2.36. The number of nitrogens with zero attached hydrogens (tertiary/aromatic N) is 3. The van der Waals surface area contributed by atoms with Gasteiger partial charge in [-0.15, -0.1) is 0 Å². The van der Waals surface area contributed by atoms with Gasteiger partial charge in [-0.2, -0.15) is 0 Å². The highest BCUT2D eigenvalue weighted by atomic mass is 79.9. The molecule has 10 heteroatoms. The number of fused-ring (bicyclic) bond motifs is 1. The Labute approximate surface area is 224 Å². The number of hydroxylamine groups is 1. The highest BCUT2D eigenvalue weighted by Crippen LogP contribution is 2.33. The number of unbranched alkanes of at least 4 members (excludes halogenated alkanes) is 1. The number of nitrogens with one attached hydrogen (secondary N) is 2. The second-order valence-electron chi connectivity index (χ2n) is 9.85. The highest BCUT2D eigenvalue weighted by molar-refractivity contribution is 9.10. The van der Waals surface area contributed by atoms with Gasteiger partial charge in [-0.05, 0) is 74.9 Å². The number of anilines is 2. The predicted molar refractivity (Wildman–Crippen MR) is 144 cm³/mol. The van der Waals surface area contributed by atoms with Gasteiger partial charge in [0.15, 0.2) is 5.82 Å². The van der Waals surface area contributed by atoms with Gasteiger partial charge < -0.3 is 14.6 Å². The number of morpholine rings is 1.